The summed E-state index contributed by atoms with van der Waals surface area (Å²) in [7, 11) is 3.81. The van der Waals surface area contributed by atoms with Crippen molar-refractivity contribution in [2.24, 2.45) is 0 Å². The number of nitrogens with zero attached hydrogens (tertiary/aromatic N) is 4. The van der Waals surface area contributed by atoms with Gasteiger partial charge in [0.1, 0.15) is 5.01 Å². The summed E-state index contributed by atoms with van der Waals surface area (Å²) in [5.74, 6) is 0. The highest BCUT2D eigenvalue weighted by Crippen LogP contribution is 2.30. The lowest BCUT2D eigenvalue weighted by Crippen LogP contribution is -2.56. The molecule has 6 nitrogen and oxygen atoms in total. The third kappa shape index (κ3) is 3.11. The van der Waals surface area contributed by atoms with Crippen molar-refractivity contribution < 1.29 is 9.47 Å². The first-order chi connectivity index (χ1) is 9.69. The number of hydrogen-bond acceptors (Lipinski definition) is 7. The monoisotopic (exact) mass is 298 g/mol. The van der Waals surface area contributed by atoms with Gasteiger partial charge in [0.05, 0.1) is 25.9 Å². The molecule has 0 amide bonds. The Kier molecular flexibility index (Phi) is 4.21. The average molecular weight is 298 g/mol. The minimum Gasteiger partial charge on any atom is -0.472 e. The number of hydrogen-bond donors (Lipinski definition) is 0. The van der Waals surface area contributed by atoms with E-state index in [0.29, 0.717) is 5.19 Å². The molecule has 0 aromatic carbocycles. The van der Waals surface area contributed by atoms with Crippen molar-refractivity contribution in [2.75, 3.05) is 46.9 Å². The van der Waals surface area contributed by atoms with E-state index in [1.54, 1.807) is 7.11 Å². The van der Waals surface area contributed by atoms with Gasteiger partial charge in [0.2, 0.25) is 0 Å². The van der Waals surface area contributed by atoms with Crippen LogP contribution in [0.2, 0.25) is 0 Å². The summed E-state index contributed by atoms with van der Waals surface area (Å²) in [4.78, 5) is 4.82. The number of aromatic nitrogens is 2. The molecular formula is C13H22N4O2S. The molecular weight excluding hydrogens is 276 g/mol. The second-order valence-corrected chi connectivity index (χ2v) is 6.74. The fourth-order valence-electron chi connectivity index (χ4n) is 2.96. The SMILES string of the molecule is COc1nnc(CN2CCOC3(CCN(C)CC3)C2)s1. The van der Waals surface area contributed by atoms with Gasteiger partial charge in [-0.1, -0.05) is 11.3 Å². The van der Waals surface area contributed by atoms with E-state index in [9.17, 15) is 0 Å². The maximum absolute atomic E-state index is 6.12. The molecule has 1 aromatic heterocycles. The van der Waals surface area contributed by atoms with Gasteiger partial charge >= 0.3 is 0 Å². The predicted octanol–water partition coefficient (Wildman–Crippen LogP) is 0.843. The molecule has 0 N–H and O–H groups in total. The van der Waals surface area contributed by atoms with E-state index >= 15 is 0 Å². The first-order valence-corrected chi connectivity index (χ1v) is 7.92. The van der Waals surface area contributed by atoms with Gasteiger partial charge in [-0.05, 0) is 19.9 Å². The summed E-state index contributed by atoms with van der Waals surface area (Å²) in [5, 5.41) is 9.84. The van der Waals surface area contributed by atoms with Gasteiger partial charge in [-0.3, -0.25) is 4.90 Å². The van der Waals surface area contributed by atoms with Crippen molar-refractivity contribution in [3.05, 3.63) is 5.01 Å². The van der Waals surface area contributed by atoms with Crippen LogP contribution in [0.25, 0.3) is 0 Å². The minimum atomic E-state index is 0.0551. The molecule has 3 heterocycles. The van der Waals surface area contributed by atoms with Gasteiger partial charge in [-0.2, -0.15) is 0 Å². The number of methoxy groups -OCH3 is 1. The third-order valence-corrected chi connectivity index (χ3v) is 5.08. The van der Waals surface area contributed by atoms with Crippen molar-refractivity contribution in [1.29, 1.82) is 0 Å². The number of ether oxygens (including phenoxy) is 2. The zero-order valence-electron chi connectivity index (χ0n) is 12.2. The van der Waals surface area contributed by atoms with Crippen LogP contribution in [0.5, 0.6) is 5.19 Å². The van der Waals surface area contributed by atoms with Gasteiger partial charge in [0, 0.05) is 26.2 Å². The molecule has 0 atom stereocenters. The fraction of sp³-hybridized carbons (Fsp3) is 0.846. The van der Waals surface area contributed by atoms with E-state index in [1.807, 2.05) is 0 Å². The number of rotatable bonds is 3. The Morgan fingerprint density at radius 2 is 2.10 bits per heavy atom. The molecule has 2 aliphatic rings. The van der Waals surface area contributed by atoms with Crippen molar-refractivity contribution in [3.8, 4) is 5.19 Å². The summed E-state index contributed by atoms with van der Waals surface area (Å²) in [6.07, 6.45) is 2.25. The van der Waals surface area contributed by atoms with Gasteiger partial charge in [0.25, 0.3) is 5.19 Å². The zero-order chi connectivity index (χ0) is 14.0. The molecule has 0 bridgehead atoms. The molecule has 112 valence electrons. The largest absolute Gasteiger partial charge is 0.472 e. The summed E-state index contributed by atoms with van der Waals surface area (Å²) < 4.78 is 11.2. The summed E-state index contributed by atoms with van der Waals surface area (Å²) in [6, 6.07) is 0. The van der Waals surface area contributed by atoms with E-state index in [1.165, 1.54) is 11.3 Å². The Hall–Kier alpha value is -0.760. The topological polar surface area (TPSA) is 50.7 Å². The van der Waals surface area contributed by atoms with Crippen LogP contribution in [-0.4, -0.2) is 72.5 Å². The summed E-state index contributed by atoms with van der Waals surface area (Å²) >= 11 is 1.53. The molecule has 2 aliphatic heterocycles. The van der Waals surface area contributed by atoms with E-state index in [4.69, 9.17) is 9.47 Å². The lowest BCUT2D eigenvalue weighted by molar-refractivity contribution is -0.135. The Morgan fingerprint density at radius 3 is 2.80 bits per heavy atom. The first kappa shape index (κ1) is 14.2. The van der Waals surface area contributed by atoms with Gasteiger partial charge in [-0.25, -0.2) is 0 Å². The Labute approximate surface area is 123 Å². The quantitative estimate of drug-likeness (QED) is 0.824. The first-order valence-electron chi connectivity index (χ1n) is 7.10. The Bertz CT molecular complexity index is 445. The smallest absolute Gasteiger partial charge is 0.293 e. The number of morpholine rings is 1. The molecule has 0 unspecified atom stereocenters. The molecule has 1 aromatic rings. The van der Waals surface area contributed by atoms with Crippen LogP contribution in [0.1, 0.15) is 17.8 Å². The van der Waals surface area contributed by atoms with Crippen LogP contribution in [0.15, 0.2) is 0 Å². The van der Waals surface area contributed by atoms with E-state index < -0.39 is 0 Å². The standard InChI is InChI=1S/C13H22N4O2S/c1-16-5-3-13(4-6-16)10-17(7-8-19-13)9-11-14-15-12(18-2)20-11/h3-10H2,1-2H3. The maximum atomic E-state index is 6.12. The highest BCUT2D eigenvalue weighted by Gasteiger charge is 2.39. The average Bonchev–Trinajstić information content (AvgIpc) is 2.90. The summed E-state index contributed by atoms with van der Waals surface area (Å²) in [5.41, 5.74) is 0.0551. The zero-order valence-corrected chi connectivity index (χ0v) is 13.0. The van der Waals surface area contributed by atoms with Gasteiger partial charge in [-0.15, -0.1) is 10.2 Å². The highest BCUT2D eigenvalue weighted by atomic mass is 32.1. The molecule has 3 rings (SSSR count). The molecule has 0 aliphatic carbocycles. The minimum absolute atomic E-state index is 0.0551. The maximum Gasteiger partial charge on any atom is 0.293 e. The van der Waals surface area contributed by atoms with E-state index in [0.717, 1.165) is 57.2 Å². The van der Waals surface area contributed by atoms with Crippen LogP contribution in [-0.2, 0) is 11.3 Å². The molecule has 20 heavy (non-hydrogen) atoms. The number of likely N-dealkylation sites (tertiary alicyclic amines) is 1. The second-order valence-electron chi connectivity index (χ2n) is 5.71. The lowest BCUT2D eigenvalue weighted by Gasteiger charge is -2.46. The third-order valence-electron chi connectivity index (χ3n) is 4.21. The van der Waals surface area contributed by atoms with Gasteiger partial charge < -0.3 is 14.4 Å². The van der Waals surface area contributed by atoms with Crippen LogP contribution < -0.4 is 4.74 Å². The molecule has 0 saturated carbocycles. The molecule has 2 saturated heterocycles. The Balaban J connectivity index is 1.60. The molecule has 2 fully saturated rings. The van der Waals surface area contributed by atoms with Gasteiger partial charge in [0.15, 0.2) is 0 Å². The van der Waals surface area contributed by atoms with Crippen LogP contribution in [0.3, 0.4) is 0 Å². The van der Waals surface area contributed by atoms with E-state index in [-0.39, 0.29) is 5.60 Å². The summed E-state index contributed by atoms with van der Waals surface area (Å²) in [6.45, 7) is 5.89. The Morgan fingerprint density at radius 1 is 1.30 bits per heavy atom. The van der Waals surface area contributed by atoms with Crippen molar-refractivity contribution in [2.45, 2.75) is 25.0 Å². The molecule has 1 spiro atoms. The van der Waals surface area contributed by atoms with Crippen molar-refractivity contribution in [1.82, 2.24) is 20.0 Å². The van der Waals surface area contributed by atoms with Crippen LogP contribution in [0.4, 0.5) is 0 Å². The fourth-order valence-corrected chi connectivity index (χ4v) is 3.66. The van der Waals surface area contributed by atoms with Crippen molar-refractivity contribution >= 4 is 11.3 Å². The normalized spacial score (nSPS) is 24.1. The lowest BCUT2D eigenvalue weighted by atomic mass is 9.89. The second kappa shape index (κ2) is 5.93. The van der Waals surface area contributed by atoms with Crippen molar-refractivity contribution in [3.63, 3.8) is 0 Å². The number of piperidine rings is 1. The highest BCUT2D eigenvalue weighted by molar-refractivity contribution is 7.13. The molecule has 0 radical (unpaired) electrons. The van der Waals surface area contributed by atoms with Crippen LogP contribution >= 0.6 is 11.3 Å². The molecule has 7 heteroatoms. The van der Waals surface area contributed by atoms with E-state index in [2.05, 4.69) is 27.0 Å². The van der Waals surface area contributed by atoms with Crippen LogP contribution in [0, 0.1) is 0 Å². The predicted molar refractivity (Wildman–Crippen MR) is 77.2 cm³/mol.